The third-order valence-corrected chi connectivity index (χ3v) is 4.51. The molecule has 0 aromatic rings. The van der Waals surface area contributed by atoms with Crippen molar-refractivity contribution >= 4 is 0 Å². The van der Waals surface area contributed by atoms with Crippen LogP contribution in [0.1, 0.15) is 52.9 Å². The summed E-state index contributed by atoms with van der Waals surface area (Å²) in [5, 5.41) is 17.1. The Kier molecular flexibility index (Phi) is 4.73. The molecule has 0 N–H and O–H groups in total. The van der Waals surface area contributed by atoms with E-state index in [1.54, 1.807) is 7.05 Å². The Morgan fingerprint density at radius 1 is 1.25 bits per heavy atom. The maximum atomic E-state index is 11.8. The van der Waals surface area contributed by atoms with E-state index in [0.29, 0.717) is 4.97 Å². The summed E-state index contributed by atoms with van der Waals surface area (Å²) >= 11 is 0. The van der Waals surface area contributed by atoms with E-state index < -0.39 is 0 Å². The van der Waals surface area contributed by atoms with Crippen LogP contribution in [0.4, 0.5) is 0 Å². The average molecular weight is 284 g/mol. The lowest BCUT2D eigenvalue weighted by Crippen LogP contribution is -2.42. The first-order valence-corrected chi connectivity index (χ1v) is 7.70. The van der Waals surface area contributed by atoms with Crippen LogP contribution in [0.25, 0.3) is 0 Å². The zero-order valence-electron chi connectivity index (χ0n) is 13.2. The Bertz CT molecular complexity index is 348. The van der Waals surface area contributed by atoms with Gasteiger partial charge in [-0.05, 0) is 33.6 Å². The van der Waals surface area contributed by atoms with Crippen molar-refractivity contribution < 1.29 is 9.81 Å². The summed E-state index contributed by atoms with van der Waals surface area (Å²) in [7, 11) is 1.72. The highest BCUT2D eigenvalue weighted by molar-refractivity contribution is 4.84. The fraction of sp³-hybridized carbons (Fsp3) is 1.00. The summed E-state index contributed by atoms with van der Waals surface area (Å²) in [5.74, 6) is 0. The van der Waals surface area contributed by atoms with Gasteiger partial charge >= 0.3 is 0 Å². The van der Waals surface area contributed by atoms with E-state index in [0.717, 1.165) is 25.6 Å². The fourth-order valence-electron chi connectivity index (χ4n) is 2.86. The van der Waals surface area contributed by atoms with Gasteiger partial charge < -0.3 is 10.0 Å². The highest BCUT2D eigenvalue weighted by atomic mass is 16.7. The molecule has 1 saturated carbocycles. The molecular weight excluding hydrogens is 256 g/mol. The number of nitrogens with zero attached hydrogens (tertiary/aromatic N) is 4. The highest BCUT2D eigenvalue weighted by Gasteiger charge is 2.32. The Morgan fingerprint density at radius 3 is 2.50 bits per heavy atom. The topological polar surface area (TPSA) is 54.1 Å². The minimum atomic E-state index is -0.264. The van der Waals surface area contributed by atoms with Gasteiger partial charge in [0.2, 0.25) is 5.28 Å². The normalized spacial score (nSPS) is 26.2. The molecule has 1 saturated heterocycles. The molecule has 1 atom stereocenters. The second-order valence-corrected chi connectivity index (χ2v) is 6.98. The van der Waals surface area contributed by atoms with Gasteiger partial charge in [-0.25, -0.2) is 0 Å². The van der Waals surface area contributed by atoms with Crippen LogP contribution >= 0.6 is 0 Å². The van der Waals surface area contributed by atoms with Crippen LogP contribution in [-0.2, 0) is 4.84 Å². The molecule has 1 aliphatic heterocycles. The summed E-state index contributed by atoms with van der Waals surface area (Å²) in [5.41, 5.74) is -0.264. The first-order chi connectivity index (χ1) is 9.38. The summed E-state index contributed by atoms with van der Waals surface area (Å²) < 4.78 is 0. The van der Waals surface area contributed by atoms with Crippen molar-refractivity contribution in [2.24, 2.45) is 5.28 Å². The molecule has 1 aliphatic carbocycles. The standard InChI is InChI=1S/C14H28N4O2/c1-14(2,3)16(4)18(19)15-20-13-9-10-17(11-13)12-7-5-6-8-12/h12-13H,5-11H2,1-4H3/b18-15+/t13-/m1/s1. The van der Waals surface area contributed by atoms with Crippen molar-refractivity contribution in [2.45, 2.75) is 70.6 Å². The molecule has 116 valence electrons. The van der Waals surface area contributed by atoms with Gasteiger partial charge in [-0.15, -0.1) is 5.01 Å². The molecule has 6 heteroatoms. The molecule has 2 aliphatic rings. The molecular formula is C14H28N4O2. The predicted octanol–water partition coefficient (Wildman–Crippen LogP) is 2.54. The SMILES string of the molecule is CN(/[N+]([O-])=N\O[C@@H]1CCN(C2CCCC2)C1)C(C)(C)C. The molecule has 20 heavy (non-hydrogen) atoms. The van der Waals surface area contributed by atoms with Gasteiger partial charge in [0.25, 0.3) is 0 Å². The molecule has 6 nitrogen and oxygen atoms in total. The lowest BCUT2D eigenvalue weighted by Gasteiger charge is -2.26. The maximum Gasteiger partial charge on any atom is 0.233 e. The van der Waals surface area contributed by atoms with Crippen LogP contribution in [0.3, 0.4) is 0 Å². The fourth-order valence-corrected chi connectivity index (χ4v) is 2.86. The lowest BCUT2D eigenvalue weighted by atomic mass is 10.1. The van der Waals surface area contributed by atoms with Crippen LogP contribution in [0.5, 0.6) is 0 Å². The van der Waals surface area contributed by atoms with Crippen LogP contribution in [-0.4, -0.2) is 52.7 Å². The zero-order valence-corrected chi connectivity index (χ0v) is 13.2. The van der Waals surface area contributed by atoms with Crippen molar-refractivity contribution in [1.82, 2.24) is 9.91 Å². The van der Waals surface area contributed by atoms with Crippen molar-refractivity contribution in [3.63, 3.8) is 0 Å². The summed E-state index contributed by atoms with van der Waals surface area (Å²) in [6.45, 7) is 7.86. The monoisotopic (exact) mass is 284 g/mol. The maximum absolute atomic E-state index is 11.8. The first-order valence-electron chi connectivity index (χ1n) is 7.70. The summed E-state index contributed by atoms with van der Waals surface area (Å²) in [6.07, 6.45) is 6.34. The molecule has 2 rings (SSSR count). The molecule has 0 amide bonds. The molecule has 0 bridgehead atoms. The second-order valence-electron chi connectivity index (χ2n) is 6.98. The van der Waals surface area contributed by atoms with Gasteiger partial charge in [0, 0.05) is 25.6 Å². The van der Waals surface area contributed by atoms with Crippen LogP contribution in [0, 0.1) is 5.21 Å². The number of hydrogen-bond acceptors (Lipinski definition) is 4. The second kappa shape index (κ2) is 6.16. The van der Waals surface area contributed by atoms with E-state index >= 15 is 0 Å². The number of likely N-dealkylation sites (tertiary alicyclic amines) is 1. The van der Waals surface area contributed by atoms with Crippen molar-refractivity contribution in [1.29, 1.82) is 0 Å². The van der Waals surface area contributed by atoms with Gasteiger partial charge in [0.1, 0.15) is 6.10 Å². The van der Waals surface area contributed by atoms with Gasteiger partial charge in [-0.1, -0.05) is 12.8 Å². The van der Waals surface area contributed by atoms with E-state index in [-0.39, 0.29) is 11.6 Å². The average Bonchev–Trinajstić information content (AvgIpc) is 3.04. The zero-order chi connectivity index (χ0) is 14.8. The van der Waals surface area contributed by atoms with E-state index in [9.17, 15) is 5.21 Å². The van der Waals surface area contributed by atoms with E-state index in [1.165, 1.54) is 30.7 Å². The van der Waals surface area contributed by atoms with Gasteiger partial charge in [0.15, 0.2) is 0 Å². The van der Waals surface area contributed by atoms with Crippen LogP contribution in [0.2, 0.25) is 0 Å². The largest absolute Gasteiger partial charge is 0.569 e. The van der Waals surface area contributed by atoms with E-state index in [1.807, 2.05) is 20.8 Å². The Balaban J connectivity index is 1.80. The lowest BCUT2D eigenvalue weighted by molar-refractivity contribution is -0.720. The number of rotatable bonds is 4. The van der Waals surface area contributed by atoms with Crippen LogP contribution in [0.15, 0.2) is 5.28 Å². The van der Waals surface area contributed by atoms with Gasteiger partial charge in [-0.3, -0.25) is 4.90 Å². The quantitative estimate of drug-likeness (QED) is 0.452. The predicted molar refractivity (Wildman–Crippen MR) is 76.9 cm³/mol. The van der Waals surface area contributed by atoms with Crippen molar-refractivity contribution in [3.8, 4) is 0 Å². The van der Waals surface area contributed by atoms with Crippen molar-refractivity contribution in [2.75, 3.05) is 20.1 Å². The number of hydrogen-bond donors (Lipinski definition) is 0. The Labute approximate surface area is 121 Å². The number of hydrazine groups is 1. The molecule has 0 aromatic heterocycles. The smallest absolute Gasteiger partial charge is 0.233 e. The third-order valence-electron chi connectivity index (χ3n) is 4.51. The molecule has 1 heterocycles. The van der Waals surface area contributed by atoms with Crippen LogP contribution < -0.4 is 0 Å². The highest BCUT2D eigenvalue weighted by Crippen LogP contribution is 2.27. The summed E-state index contributed by atoms with van der Waals surface area (Å²) in [4.78, 5) is 8.48. The van der Waals surface area contributed by atoms with E-state index in [4.69, 9.17) is 4.84 Å². The summed E-state index contributed by atoms with van der Waals surface area (Å²) in [6, 6.07) is 0.726. The Morgan fingerprint density at radius 2 is 1.90 bits per heavy atom. The van der Waals surface area contributed by atoms with Gasteiger partial charge in [0.05, 0.1) is 17.6 Å². The van der Waals surface area contributed by atoms with Crippen molar-refractivity contribution in [3.05, 3.63) is 5.21 Å². The Hall–Kier alpha value is -1.04. The minimum Gasteiger partial charge on any atom is -0.569 e. The molecule has 0 spiro atoms. The minimum absolute atomic E-state index is 0.0559. The molecule has 0 radical (unpaired) electrons. The molecule has 2 fully saturated rings. The first kappa shape index (κ1) is 15.4. The molecule has 0 aromatic carbocycles. The third kappa shape index (κ3) is 3.75. The van der Waals surface area contributed by atoms with Gasteiger partial charge in [-0.2, -0.15) is 0 Å². The van der Waals surface area contributed by atoms with E-state index in [2.05, 4.69) is 10.2 Å². The molecule has 0 unspecified atom stereocenters.